The zero-order valence-corrected chi connectivity index (χ0v) is 15.6. The van der Waals surface area contributed by atoms with Gasteiger partial charge in [-0.3, -0.25) is 0 Å². The summed E-state index contributed by atoms with van der Waals surface area (Å²) < 4.78 is 1.81. The van der Waals surface area contributed by atoms with Gasteiger partial charge in [0.05, 0.1) is 28.8 Å². The largest absolute Gasteiger partial charge is 0.386 e. The van der Waals surface area contributed by atoms with E-state index in [1.54, 1.807) is 0 Å². The van der Waals surface area contributed by atoms with Crippen LogP contribution in [0.2, 0.25) is 0 Å². The van der Waals surface area contributed by atoms with Crippen molar-refractivity contribution in [2.24, 2.45) is 5.41 Å². The minimum Gasteiger partial charge on any atom is -0.386 e. The molecule has 6 rings (SSSR count). The molecule has 28 heavy (non-hydrogen) atoms. The van der Waals surface area contributed by atoms with E-state index in [1.807, 2.05) is 28.8 Å². The lowest BCUT2D eigenvalue weighted by atomic mass is 9.93. The Bertz CT molecular complexity index is 1160. The topological polar surface area (TPSA) is 90.9 Å². The number of nitriles is 1. The number of fused-ring (bicyclic) bond motifs is 1. The molecule has 7 nitrogen and oxygen atoms in total. The van der Waals surface area contributed by atoms with Crippen LogP contribution in [0.25, 0.3) is 16.7 Å². The summed E-state index contributed by atoms with van der Waals surface area (Å²) in [4.78, 5) is 10.8. The summed E-state index contributed by atoms with van der Waals surface area (Å²) in [6.45, 7) is 2.93. The molecule has 3 heterocycles. The first-order valence-corrected chi connectivity index (χ1v) is 9.65. The molecule has 0 radical (unpaired) electrons. The Morgan fingerprint density at radius 2 is 1.93 bits per heavy atom. The summed E-state index contributed by atoms with van der Waals surface area (Å²) in [7, 11) is 0. The number of hydrogen-bond donors (Lipinski definition) is 1. The summed E-state index contributed by atoms with van der Waals surface area (Å²) in [6, 6.07) is 10.7. The SMILES string of the molecule is CC1(O)CN(c2cc(-n3ncc4ccc([C@]5(C#N)CC56CC6)cc43)ncn2)C1. The van der Waals surface area contributed by atoms with Crippen LogP contribution >= 0.6 is 0 Å². The molecule has 3 aromatic rings. The van der Waals surface area contributed by atoms with Gasteiger partial charge in [0.15, 0.2) is 5.82 Å². The molecule has 2 aliphatic carbocycles. The van der Waals surface area contributed by atoms with Gasteiger partial charge in [0.2, 0.25) is 0 Å². The predicted octanol–water partition coefficient (Wildman–Crippen LogP) is 2.33. The van der Waals surface area contributed by atoms with Gasteiger partial charge < -0.3 is 10.0 Å². The minimum absolute atomic E-state index is 0.233. The molecule has 1 N–H and O–H groups in total. The van der Waals surface area contributed by atoms with Crippen molar-refractivity contribution in [2.75, 3.05) is 18.0 Å². The normalized spacial score (nSPS) is 26.1. The van der Waals surface area contributed by atoms with Crippen LogP contribution in [0, 0.1) is 16.7 Å². The molecule has 3 aliphatic rings. The number of nitrogens with zero attached hydrogens (tertiary/aromatic N) is 6. The smallest absolute Gasteiger partial charge is 0.159 e. The Morgan fingerprint density at radius 1 is 1.14 bits per heavy atom. The van der Waals surface area contributed by atoms with E-state index in [9.17, 15) is 10.4 Å². The molecule has 1 aliphatic heterocycles. The van der Waals surface area contributed by atoms with E-state index in [1.165, 1.54) is 6.33 Å². The first kappa shape index (κ1) is 16.0. The van der Waals surface area contributed by atoms with Crippen molar-refractivity contribution in [3.63, 3.8) is 0 Å². The molecular formula is C21H20N6O. The van der Waals surface area contributed by atoms with Gasteiger partial charge in [0, 0.05) is 24.5 Å². The Morgan fingerprint density at radius 3 is 2.61 bits per heavy atom. The predicted molar refractivity (Wildman–Crippen MR) is 103 cm³/mol. The highest BCUT2D eigenvalue weighted by Gasteiger charge is 2.75. The number of hydrogen-bond acceptors (Lipinski definition) is 6. The summed E-state index contributed by atoms with van der Waals surface area (Å²) in [5.41, 5.74) is 1.30. The van der Waals surface area contributed by atoms with Gasteiger partial charge in [-0.05, 0) is 43.2 Å². The van der Waals surface area contributed by atoms with Crippen molar-refractivity contribution < 1.29 is 5.11 Å². The highest BCUT2D eigenvalue weighted by molar-refractivity contribution is 5.82. The maximum Gasteiger partial charge on any atom is 0.159 e. The molecule has 7 heteroatoms. The number of anilines is 1. The monoisotopic (exact) mass is 372 g/mol. The quantitative estimate of drug-likeness (QED) is 0.759. The van der Waals surface area contributed by atoms with E-state index in [-0.39, 0.29) is 10.8 Å². The zero-order chi connectivity index (χ0) is 19.1. The lowest BCUT2D eigenvalue weighted by Gasteiger charge is -2.44. The molecule has 1 atom stereocenters. The molecule has 1 saturated heterocycles. The van der Waals surface area contributed by atoms with Crippen molar-refractivity contribution in [1.82, 2.24) is 19.7 Å². The van der Waals surface area contributed by atoms with Crippen LogP contribution in [-0.2, 0) is 5.41 Å². The third-order valence-corrected chi connectivity index (χ3v) is 6.73. The number of benzene rings is 1. The van der Waals surface area contributed by atoms with Crippen molar-refractivity contribution in [1.29, 1.82) is 5.26 Å². The molecule has 140 valence electrons. The van der Waals surface area contributed by atoms with Crippen LogP contribution in [0.5, 0.6) is 0 Å². The number of aliphatic hydroxyl groups is 1. The first-order chi connectivity index (χ1) is 13.5. The Hall–Kier alpha value is -2.98. The number of rotatable bonds is 3. The molecular weight excluding hydrogens is 352 g/mol. The van der Waals surface area contributed by atoms with Gasteiger partial charge >= 0.3 is 0 Å². The molecule has 2 saturated carbocycles. The summed E-state index contributed by atoms with van der Waals surface area (Å²) >= 11 is 0. The molecule has 1 aromatic carbocycles. The van der Waals surface area contributed by atoms with Crippen LogP contribution < -0.4 is 4.90 Å². The van der Waals surface area contributed by atoms with E-state index < -0.39 is 5.60 Å². The van der Waals surface area contributed by atoms with Crippen LogP contribution in [-0.4, -0.2) is 43.5 Å². The summed E-state index contributed by atoms with van der Waals surface area (Å²) in [6.07, 6.45) is 6.66. The standard InChI is InChI=1S/C21H20N6O/c1-19(28)11-26(12-19)17-7-18(24-13-23-17)27-16-6-15(3-2-14(16)8-25-27)21(10-22)9-20(21)4-5-20/h2-3,6-8,13,28H,4-5,9,11-12H2,1H3/t21-/m1/s1. The second-order valence-electron chi connectivity index (χ2n) is 8.89. The molecule has 0 amide bonds. The summed E-state index contributed by atoms with van der Waals surface area (Å²) in [5, 5.41) is 25.4. The molecule has 0 bridgehead atoms. The van der Waals surface area contributed by atoms with Gasteiger partial charge in [-0.1, -0.05) is 12.1 Å². The third kappa shape index (κ3) is 2.04. The van der Waals surface area contributed by atoms with Crippen LogP contribution in [0.1, 0.15) is 31.7 Å². The fourth-order valence-corrected chi connectivity index (χ4v) is 4.88. The van der Waals surface area contributed by atoms with Crippen molar-refractivity contribution >= 4 is 16.7 Å². The molecule has 0 unspecified atom stereocenters. The van der Waals surface area contributed by atoms with Crippen LogP contribution in [0.3, 0.4) is 0 Å². The average Bonchev–Trinajstić information content (AvgIpc) is 3.55. The maximum atomic E-state index is 9.99. The fourth-order valence-electron chi connectivity index (χ4n) is 4.88. The highest BCUT2D eigenvalue weighted by atomic mass is 16.3. The van der Waals surface area contributed by atoms with E-state index in [0.717, 1.165) is 41.5 Å². The molecule has 1 spiro atoms. The second kappa shape index (κ2) is 4.89. The third-order valence-electron chi connectivity index (χ3n) is 6.73. The lowest BCUT2D eigenvalue weighted by Crippen LogP contribution is -2.60. The van der Waals surface area contributed by atoms with Crippen molar-refractivity contribution in [2.45, 2.75) is 37.2 Å². The van der Waals surface area contributed by atoms with Gasteiger partial charge in [0.1, 0.15) is 12.1 Å². The van der Waals surface area contributed by atoms with Crippen LogP contribution in [0.15, 0.2) is 36.8 Å². The fraction of sp³-hybridized carbons (Fsp3) is 0.429. The lowest BCUT2D eigenvalue weighted by molar-refractivity contribution is 0.0305. The van der Waals surface area contributed by atoms with Crippen molar-refractivity contribution in [3.8, 4) is 11.9 Å². The Labute approximate surface area is 162 Å². The first-order valence-electron chi connectivity index (χ1n) is 9.65. The van der Waals surface area contributed by atoms with Gasteiger partial charge in [-0.15, -0.1) is 0 Å². The summed E-state index contributed by atoms with van der Waals surface area (Å²) in [5.74, 6) is 1.47. The number of aromatic nitrogens is 4. The van der Waals surface area contributed by atoms with Crippen LogP contribution in [0.4, 0.5) is 5.82 Å². The number of β-amino-alcohol motifs (C(OH)–C–C–N with tert-alkyl or cyclic N) is 1. The van der Waals surface area contributed by atoms with Gasteiger partial charge in [-0.25, -0.2) is 14.6 Å². The highest BCUT2D eigenvalue weighted by Crippen LogP contribution is 2.78. The van der Waals surface area contributed by atoms with E-state index in [2.05, 4.69) is 39.3 Å². The van der Waals surface area contributed by atoms with E-state index in [4.69, 9.17) is 0 Å². The second-order valence-corrected chi connectivity index (χ2v) is 8.89. The van der Waals surface area contributed by atoms with Crippen molar-refractivity contribution in [3.05, 3.63) is 42.4 Å². The van der Waals surface area contributed by atoms with Gasteiger partial charge in [0.25, 0.3) is 0 Å². The Balaban J connectivity index is 1.41. The van der Waals surface area contributed by atoms with Gasteiger partial charge in [-0.2, -0.15) is 10.4 Å². The maximum absolute atomic E-state index is 9.99. The molecule has 3 fully saturated rings. The average molecular weight is 372 g/mol. The zero-order valence-electron chi connectivity index (χ0n) is 15.6. The van der Waals surface area contributed by atoms with E-state index in [0.29, 0.717) is 18.9 Å². The Kier molecular flexibility index (Phi) is 2.80. The van der Waals surface area contributed by atoms with E-state index >= 15 is 0 Å². The molecule has 2 aromatic heterocycles. The minimum atomic E-state index is -0.660.